The first-order valence-electron chi connectivity index (χ1n) is 12.5. The molecule has 0 fully saturated rings. The monoisotopic (exact) mass is 587 g/mol. The second-order valence-corrected chi connectivity index (χ2v) is 11.8. The van der Waals surface area contributed by atoms with Gasteiger partial charge in [-0.15, -0.1) is 0 Å². The van der Waals surface area contributed by atoms with E-state index in [0.717, 1.165) is 6.07 Å². The lowest BCUT2D eigenvalue weighted by Gasteiger charge is -2.29. The summed E-state index contributed by atoms with van der Waals surface area (Å²) in [5.74, 6) is -2.37. The van der Waals surface area contributed by atoms with Gasteiger partial charge in [-0.25, -0.2) is 22.8 Å². The minimum atomic E-state index is -4.95. The summed E-state index contributed by atoms with van der Waals surface area (Å²) >= 11 is 0. The van der Waals surface area contributed by atoms with Crippen molar-refractivity contribution in [3.8, 4) is 17.3 Å². The molecule has 2 aromatic carbocycles. The van der Waals surface area contributed by atoms with Crippen molar-refractivity contribution in [3.63, 3.8) is 0 Å². The highest BCUT2D eigenvalue weighted by molar-refractivity contribution is 7.91. The molecule has 41 heavy (non-hydrogen) atoms. The summed E-state index contributed by atoms with van der Waals surface area (Å²) in [6.07, 6.45) is -2.24. The molecule has 1 atom stereocenters. The molecule has 0 bridgehead atoms. The standard InChI is InChI=1S/C28H25F4N5O3S/c1-3-41(39,40)14-13-36(24(38)16-20-7-10-23(29)22(15-20)28(30,31)32)18(2)25-26(21-8-5-19(17-33)6-9-21)37-12-4-11-34-27(37)35-25/h4-12,15,18H,3,13-14,16H2,1-2H3/t18-/m1/s1. The molecule has 4 rings (SSSR count). The van der Waals surface area contributed by atoms with Gasteiger partial charge in [-0.3, -0.25) is 9.20 Å². The summed E-state index contributed by atoms with van der Waals surface area (Å²) in [4.78, 5) is 23.7. The van der Waals surface area contributed by atoms with Gasteiger partial charge in [0.05, 0.1) is 46.8 Å². The fourth-order valence-corrected chi connectivity index (χ4v) is 5.19. The van der Waals surface area contributed by atoms with Gasteiger partial charge in [0.1, 0.15) is 5.82 Å². The highest BCUT2D eigenvalue weighted by atomic mass is 32.2. The van der Waals surface area contributed by atoms with Gasteiger partial charge in [0, 0.05) is 30.3 Å². The zero-order valence-electron chi connectivity index (χ0n) is 22.1. The molecule has 0 spiro atoms. The fraction of sp³-hybridized carbons (Fsp3) is 0.286. The molecule has 0 radical (unpaired) electrons. The van der Waals surface area contributed by atoms with Gasteiger partial charge >= 0.3 is 6.18 Å². The van der Waals surface area contributed by atoms with Crippen molar-refractivity contribution in [2.75, 3.05) is 18.1 Å². The summed E-state index contributed by atoms with van der Waals surface area (Å²) in [5, 5.41) is 9.20. The van der Waals surface area contributed by atoms with E-state index in [9.17, 15) is 36.0 Å². The van der Waals surface area contributed by atoms with E-state index in [-0.39, 0.29) is 23.6 Å². The van der Waals surface area contributed by atoms with Crippen LogP contribution in [0.3, 0.4) is 0 Å². The second-order valence-electron chi connectivity index (χ2n) is 9.31. The quantitative estimate of drug-likeness (QED) is 0.255. The average molecular weight is 588 g/mol. The number of hydrogen-bond donors (Lipinski definition) is 0. The first-order chi connectivity index (χ1) is 19.3. The Morgan fingerprint density at radius 2 is 1.88 bits per heavy atom. The molecule has 0 saturated heterocycles. The molecule has 214 valence electrons. The number of aromatic nitrogens is 3. The zero-order chi connectivity index (χ0) is 29.9. The predicted molar refractivity (Wildman–Crippen MR) is 143 cm³/mol. The van der Waals surface area contributed by atoms with E-state index in [1.807, 2.05) is 6.07 Å². The molecule has 0 aliphatic heterocycles. The van der Waals surface area contributed by atoms with Gasteiger partial charge in [-0.1, -0.05) is 25.1 Å². The molecule has 4 aromatic rings. The lowest BCUT2D eigenvalue weighted by molar-refractivity contribution is -0.140. The summed E-state index contributed by atoms with van der Waals surface area (Å²) in [6.45, 7) is 2.85. The third-order valence-corrected chi connectivity index (χ3v) is 8.36. The number of sulfone groups is 1. The normalized spacial score (nSPS) is 12.7. The number of hydrogen-bond acceptors (Lipinski definition) is 6. The van der Waals surface area contributed by atoms with Crippen molar-refractivity contribution >= 4 is 21.5 Å². The van der Waals surface area contributed by atoms with E-state index in [1.54, 1.807) is 47.9 Å². The van der Waals surface area contributed by atoms with Gasteiger partial charge < -0.3 is 4.90 Å². The van der Waals surface area contributed by atoms with E-state index in [1.165, 1.54) is 18.0 Å². The Morgan fingerprint density at radius 3 is 2.51 bits per heavy atom. The summed E-state index contributed by atoms with van der Waals surface area (Å²) in [7, 11) is -3.52. The van der Waals surface area contributed by atoms with Gasteiger partial charge in [-0.05, 0) is 42.8 Å². The van der Waals surface area contributed by atoms with Crippen molar-refractivity contribution in [1.29, 1.82) is 5.26 Å². The minimum absolute atomic E-state index is 0.0803. The van der Waals surface area contributed by atoms with Crippen LogP contribution in [0.2, 0.25) is 0 Å². The maximum Gasteiger partial charge on any atom is 0.419 e. The maximum absolute atomic E-state index is 13.8. The molecule has 13 heteroatoms. The largest absolute Gasteiger partial charge is 0.419 e. The molecule has 8 nitrogen and oxygen atoms in total. The van der Waals surface area contributed by atoms with Crippen molar-refractivity contribution in [2.45, 2.75) is 32.5 Å². The van der Waals surface area contributed by atoms with Gasteiger partial charge in [0.25, 0.3) is 0 Å². The van der Waals surface area contributed by atoms with E-state index >= 15 is 0 Å². The van der Waals surface area contributed by atoms with Crippen molar-refractivity contribution in [2.24, 2.45) is 0 Å². The molecule has 0 unspecified atom stereocenters. The SMILES string of the molecule is CCS(=O)(=O)CCN(C(=O)Cc1ccc(F)c(C(F)(F)F)c1)[C@H](C)c1nc2ncccn2c1-c1ccc(C#N)cc1. The number of imidazole rings is 1. The number of nitriles is 1. The first kappa shape index (κ1) is 29.7. The van der Waals surface area contributed by atoms with Gasteiger partial charge in [-0.2, -0.15) is 18.4 Å². The Hall–Kier alpha value is -4.31. The van der Waals surface area contributed by atoms with Crippen LogP contribution in [0.1, 0.15) is 42.3 Å². The van der Waals surface area contributed by atoms with E-state index in [0.29, 0.717) is 40.4 Å². The number of nitrogens with zero attached hydrogens (tertiary/aromatic N) is 5. The Kier molecular flexibility index (Phi) is 8.44. The lowest BCUT2D eigenvalue weighted by atomic mass is 10.0. The minimum Gasteiger partial charge on any atom is -0.333 e. The number of carbonyl (C=O) groups is 1. The van der Waals surface area contributed by atoms with E-state index in [2.05, 4.69) is 9.97 Å². The van der Waals surface area contributed by atoms with Gasteiger partial charge in [0.2, 0.25) is 11.7 Å². The number of amides is 1. The number of alkyl halides is 3. The Bertz CT molecular complexity index is 1730. The van der Waals surface area contributed by atoms with Crippen LogP contribution in [0.15, 0.2) is 60.9 Å². The Balaban J connectivity index is 1.78. The highest BCUT2D eigenvalue weighted by Crippen LogP contribution is 2.34. The third kappa shape index (κ3) is 6.54. The fourth-order valence-electron chi connectivity index (χ4n) is 4.42. The molecule has 2 aromatic heterocycles. The molecule has 2 heterocycles. The van der Waals surface area contributed by atoms with Crippen LogP contribution in [0.5, 0.6) is 0 Å². The van der Waals surface area contributed by atoms with Crippen LogP contribution in [-0.2, 0) is 27.2 Å². The van der Waals surface area contributed by atoms with Gasteiger partial charge in [0.15, 0.2) is 9.84 Å². The highest BCUT2D eigenvalue weighted by Gasteiger charge is 2.35. The zero-order valence-corrected chi connectivity index (χ0v) is 22.9. The van der Waals surface area contributed by atoms with Crippen molar-refractivity contribution in [1.82, 2.24) is 19.3 Å². The van der Waals surface area contributed by atoms with Crippen LogP contribution >= 0.6 is 0 Å². The molecule has 0 aliphatic rings. The average Bonchev–Trinajstić information content (AvgIpc) is 3.33. The van der Waals surface area contributed by atoms with Crippen LogP contribution in [-0.4, -0.2) is 51.6 Å². The summed E-state index contributed by atoms with van der Waals surface area (Å²) in [5.41, 5.74) is 0.407. The predicted octanol–water partition coefficient (Wildman–Crippen LogP) is 4.99. The number of halogens is 4. The molecule has 0 saturated carbocycles. The summed E-state index contributed by atoms with van der Waals surface area (Å²) in [6, 6.07) is 11.8. The molecule has 0 N–H and O–H groups in total. The molecule has 1 amide bonds. The Morgan fingerprint density at radius 1 is 1.17 bits per heavy atom. The topological polar surface area (TPSA) is 108 Å². The van der Waals surface area contributed by atoms with Crippen LogP contribution < -0.4 is 0 Å². The van der Waals surface area contributed by atoms with Crippen molar-refractivity contribution in [3.05, 3.63) is 89.1 Å². The molecular weight excluding hydrogens is 562 g/mol. The number of benzene rings is 2. The number of rotatable bonds is 9. The first-order valence-corrected chi connectivity index (χ1v) is 14.4. The number of carbonyl (C=O) groups excluding carboxylic acids is 1. The second kappa shape index (κ2) is 11.7. The molecular formula is C28H25F4N5O3S. The van der Waals surface area contributed by atoms with Crippen molar-refractivity contribution < 1.29 is 30.8 Å². The Labute approximate surface area is 233 Å². The summed E-state index contributed by atoms with van der Waals surface area (Å²) < 4.78 is 80.1. The lowest BCUT2D eigenvalue weighted by Crippen LogP contribution is -2.38. The van der Waals surface area contributed by atoms with E-state index < -0.39 is 45.8 Å². The molecule has 0 aliphatic carbocycles. The number of fused-ring (bicyclic) bond motifs is 1. The van der Waals surface area contributed by atoms with Crippen LogP contribution in [0.4, 0.5) is 17.6 Å². The van der Waals surface area contributed by atoms with Crippen LogP contribution in [0, 0.1) is 17.1 Å². The maximum atomic E-state index is 13.8. The van der Waals surface area contributed by atoms with Crippen LogP contribution in [0.25, 0.3) is 17.0 Å². The third-order valence-electron chi connectivity index (χ3n) is 6.68. The smallest absolute Gasteiger partial charge is 0.333 e. The van der Waals surface area contributed by atoms with E-state index in [4.69, 9.17) is 0 Å².